The fourth-order valence-electron chi connectivity index (χ4n) is 2.09. The van der Waals surface area contributed by atoms with E-state index in [1.54, 1.807) is 0 Å². The maximum Gasteiger partial charge on any atom is 0.249 e. The summed E-state index contributed by atoms with van der Waals surface area (Å²) in [5, 5.41) is 0. The Balaban J connectivity index is 2.00. The fraction of sp³-hybridized carbons (Fsp3) is 0.533. The molecule has 1 aromatic carbocycles. The molecule has 0 bridgehead atoms. The van der Waals surface area contributed by atoms with Crippen molar-refractivity contribution in [2.24, 2.45) is 0 Å². The zero-order valence-electron chi connectivity index (χ0n) is 11.2. The number of hydrogen-bond donors (Lipinski definition) is 0. The van der Waals surface area contributed by atoms with Crippen LogP contribution in [0.5, 0.6) is 0 Å². The number of carbonyl (C=O) groups excluding carboxylic acids is 1. The van der Waals surface area contributed by atoms with E-state index in [0.717, 1.165) is 12.8 Å². The van der Waals surface area contributed by atoms with E-state index >= 15 is 0 Å². The molecule has 3 nitrogen and oxygen atoms in total. The van der Waals surface area contributed by atoms with Crippen LogP contribution in [-0.4, -0.2) is 30.1 Å². The van der Waals surface area contributed by atoms with Gasteiger partial charge in [0, 0.05) is 19.2 Å². The van der Waals surface area contributed by atoms with Crippen molar-refractivity contribution in [1.29, 1.82) is 0 Å². The third kappa shape index (κ3) is 3.57. The molecular formula is C15H21NO2. The molecule has 0 aromatic heterocycles. The van der Waals surface area contributed by atoms with Gasteiger partial charge in [0.05, 0.1) is 0 Å². The molecule has 98 valence electrons. The molecule has 0 unspecified atom stereocenters. The highest BCUT2D eigenvalue weighted by Gasteiger charge is 2.32. The van der Waals surface area contributed by atoms with Gasteiger partial charge in [-0.2, -0.15) is 0 Å². The third-order valence-corrected chi connectivity index (χ3v) is 3.17. The SMILES string of the molecule is CCOCC(=O)N(Cc1cccc(C)c1)C1CC1. The number of rotatable bonds is 6. The van der Waals surface area contributed by atoms with Gasteiger partial charge >= 0.3 is 0 Å². The van der Waals surface area contributed by atoms with E-state index in [-0.39, 0.29) is 12.5 Å². The topological polar surface area (TPSA) is 29.5 Å². The van der Waals surface area contributed by atoms with E-state index in [4.69, 9.17) is 4.74 Å². The Morgan fingerprint density at radius 2 is 2.22 bits per heavy atom. The molecule has 1 fully saturated rings. The van der Waals surface area contributed by atoms with E-state index in [9.17, 15) is 4.79 Å². The molecule has 2 rings (SSSR count). The summed E-state index contributed by atoms with van der Waals surface area (Å²) in [6.07, 6.45) is 2.26. The first-order valence-electron chi connectivity index (χ1n) is 6.63. The normalized spacial score (nSPS) is 14.6. The molecule has 0 atom stereocenters. The second kappa shape index (κ2) is 6.01. The molecular weight excluding hydrogens is 226 g/mol. The van der Waals surface area contributed by atoms with Crippen LogP contribution in [0.15, 0.2) is 24.3 Å². The van der Waals surface area contributed by atoms with Crippen molar-refractivity contribution in [1.82, 2.24) is 4.90 Å². The first-order valence-corrected chi connectivity index (χ1v) is 6.63. The number of ether oxygens (including phenoxy) is 1. The molecule has 0 heterocycles. The Morgan fingerprint density at radius 1 is 1.44 bits per heavy atom. The molecule has 0 radical (unpaired) electrons. The zero-order chi connectivity index (χ0) is 13.0. The predicted molar refractivity (Wildman–Crippen MR) is 71.2 cm³/mol. The number of carbonyl (C=O) groups is 1. The number of nitrogens with zero attached hydrogens (tertiary/aromatic N) is 1. The first kappa shape index (κ1) is 13.1. The number of benzene rings is 1. The lowest BCUT2D eigenvalue weighted by molar-refractivity contribution is -0.137. The average Bonchev–Trinajstić information content (AvgIpc) is 3.17. The minimum Gasteiger partial charge on any atom is -0.372 e. The summed E-state index contributed by atoms with van der Waals surface area (Å²) < 4.78 is 5.22. The molecule has 3 heteroatoms. The van der Waals surface area contributed by atoms with Gasteiger partial charge in [0.15, 0.2) is 0 Å². The Labute approximate surface area is 109 Å². The summed E-state index contributed by atoms with van der Waals surface area (Å²) in [6.45, 7) is 5.49. The summed E-state index contributed by atoms with van der Waals surface area (Å²) in [4.78, 5) is 14.0. The van der Waals surface area contributed by atoms with Crippen LogP contribution in [0.3, 0.4) is 0 Å². The minimum absolute atomic E-state index is 0.112. The van der Waals surface area contributed by atoms with Crippen molar-refractivity contribution in [2.45, 2.75) is 39.3 Å². The van der Waals surface area contributed by atoms with Crippen LogP contribution in [0.4, 0.5) is 0 Å². The Bertz CT molecular complexity index is 413. The number of hydrogen-bond acceptors (Lipinski definition) is 2. The van der Waals surface area contributed by atoms with Gasteiger partial charge in [-0.25, -0.2) is 0 Å². The van der Waals surface area contributed by atoms with Crippen molar-refractivity contribution in [3.05, 3.63) is 35.4 Å². The van der Waals surface area contributed by atoms with Crippen molar-refractivity contribution >= 4 is 5.91 Å². The molecule has 0 spiro atoms. The summed E-state index contributed by atoms with van der Waals surface area (Å²) in [5.41, 5.74) is 2.44. The first-order chi connectivity index (χ1) is 8.70. The summed E-state index contributed by atoms with van der Waals surface area (Å²) in [6, 6.07) is 8.77. The lowest BCUT2D eigenvalue weighted by Crippen LogP contribution is -2.35. The monoisotopic (exact) mass is 247 g/mol. The van der Waals surface area contributed by atoms with Crippen molar-refractivity contribution in [3.8, 4) is 0 Å². The molecule has 1 aliphatic rings. The molecule has 0 aliphatic heterocycles. The van der Waals surface area contributed by atoms with Gasteiger partial charge in [0.2, 0.25) is 5.91 Å². The molecule has 0 N–H and O–H groups in total. The molecule has 1 amide bonds. The molecule has 1 aliphatic carbocycles. The van der Waals surface area contributed by atoms with E-state index in [2.05, 4.69) is 25.1 Å². The van der Waals surface area contributed by atoms with Crippen molar-refractivity contribution < 1.29 is 9.53 Å². The van der Waals surface area contributed by atoms with Crippen LogP contribution in [0.25, 0.3) is 0 Å². The summed E-state index contributed by atoms with van der Waals surface area (Å²) in [5.74, 6) is 0.112. The zero-order valence-corrected chi connectivity index (χ0v) is 11.2. The maximum absolute atomic E-state index is 12.1. The fourth-order valence-corrected chi connectivity index (χ4v) is 2.09. The summed E-state index contributed by atoms with van der Waals surface area (Å²) >= 11 is 0. The van der Waals surface area contributed by atoms with Crippen LogP contribution >= 0.6 is 0 Å². The molecule has 18 heavy (non-hydrogen) atoms. The van der Waals surface area contributed by atoms with Gasteiger partial charge in [-0.05, 0) is 32.3 Å². The predicted octanol–water partition coefficient (Wildman–Crippen LogP) is 2.52. The van der Waals surface area contributed by atoms with Gasteiger partial charge in [0.25, 0.3) is 0 Å². The lowest BCUT2D eigenvalue weighted by Gasteiger charge is -2.22. The van der Waals surface area contributed by atoms with Gasteiger partial charge in [0.1, 0.15) is 6.61 Å². The van der Waals surface area contributed by atoms with Gasteiger partial charge in [-0.15, -0.1) is 0 Å². The largest absolute Gasteiger partial charge is 0.372 e. The van der Waals surface area contributed by atoms with Gasteiger partial charge in [-0.1, -0.05) is 29.8 Å². The molecule has 0 saturated heterocycles. The Morgan fingerprint density at radius 3 is 2.83 bits per heavy atom. The molecule has 1 saturated carbocycles. The van der Waals surface area contributed by atoms with Gasteiger partial charge < -0.3 is 9.64 Å². The van der Waals surface area contributed by atoms with E-state index in [0.29, 0.717) is 19.2 Å². The highest BCUT2D eigenvalue weighted by molar-refractivity contribution is 5.78. The highest BCUT2D eigenvalue weighted by Crippen LogP contribution is 2.28. The lowest BCUT2D eigenvalue weighted by atomic mass is 10.1. The van der Waals surface area contributed by atoms with Crippen LogP contribution in [0.1, 0.15) is 30.9 Å². The highest BCUT2D eigenvalue weighted by atomic mass is 16.5. The van der Waals surface area contributed by atoms with E-state index in [1.807, 2.05) is 17.9 Å². The Hall–Kier alpha value is -1.35. The average molecular weight is 247 g/mol. The number of amides is 1. The minimum atomic E-state index is 0.112. The second-order valence-corrected chi connectivity index (χ2v) is 4.88. The van der Waals surface area contributed by atoms with E-state index in [1.165, 1.54) is 11.1 Å². The van der Waals surface area contributed by atoms with Crippen LogP contribution in [-0.2, 0) is 16.1 Å². The van der Waals surface area contributed by atoms with Crippen LogP contribution < -0.4 is 0 Å². The quantitative estimate of drug-likeness (QED) is 0.773. The molecule has 1 aromatic rings. The second-order valence-electron chi connectivity index (χ2n) is 4.88. The maximum atomic E-state index is 12.1. The van der Waals surface area contributed by atoms with Crippen LogP contribution in [0.2, 0.25) is 0 Å². The van der Waals surface area contributed by atoms with Crippen molar-refractivity contribution in [2.75, 3.05) is 13.2 Å². The third-order valence-electron chi connectivity index (χ3n) is 3.17. The van der Waals surface area contributed by atoms with Crippen LogP contribution in [0, 0.1) is 6.92 Å². The summed E-state index contributed by atoms with van der Waals surface area (Å²) in [7, 11) is 0. The van der Waals surface area contributed by atoms with E-state index < -0.39 is 0 Å². The Kier molecular flexibility index (Phi) is 4.37. The van der Waals surface area contributed by atoms with Gasteiger partial charge in [-0.3, -0.25) is 4.79 Å². The van der Waals surface area contributed by atoms with Crippen molar-refractivity contribution in [3.63, 3.8) is 0 Å². The number of aryl methyl sites for hydroxylation is 1. The standard InChI is InChI=1S/C15H21NO2/c1-3-18-11-15(17)16(14-7-8-14)10-13-6-4-5-12(2)9-13/h4-6,9,14H,3,7-8,10-11H2,1-2H3. The smallest absolute Gasteiger partial charge is 0.249 e.